The zero-order chi connectivity index (χ0) is 20.8. The van der Waals surface area contributed by atoms with Crippen molar-refractivity contribution < 1.29 is 4.79 Å². The number of carbonyl (C=O) groups is 1. The molecule has 1 amide bonds. The van der Waals surface area contributed by atoms with Crippen LogP contribution in [0, 0.1) is 20.8 Å². The van der Waals surface area contributed by atoms with E-state index in [0.29, 0.717) is 5.56 Å². The van der Waals surface area contributed by atoms with Crippen molar-refractivity contribution in [1.29, 1.82) is 0 Å². The van der Waals surface area contributed by atoms with E-state index in [0.717, 1.165) is 17.7 Å². The molecule has 1 N–H and O–H groups in total. The predicted octanol–water partition coefficient (Wildman–Crippen LogP) is 6.79. The second-order valence-corrected chi connectivity index (χ2v) is 8.63. The minimum Gasteiger partial charge on any atom is -0.345 e. The van der Waals surface area contributed by atoms with Gasteiger partial charge in [-0.25, -0.2) is 0 Å². The summed E-state index contributed by atoms with van der Waals surface area (Å²) in [5.74, 6) is 0.873. The Kier molecular flexibility index (Phi) is 7.16. The summed E-state index contributed by atoms with van der Waals surface area (Å²) in [4.78, 5) is 14.0. The smallest absolute Gasteiger partial charge is 0.251 e. The Balaban J connectivity index is 1.61. The van der Waals surface area contributed by atoms with Gasteiger partial charge in [-0.05, 0) is 73.7 Å². The molecule has 3 aromatic carbocycles. The second-order valence-electron chi connectivity index (χ2n) is 7.58. The first-order valence-electron chi connectivity index (χ1n) is 10.1. The van der Waals surface area contributed by atoms with E-state index in [4.69, 9.17) is 0 Å². The second kappa shape index (κ2) is 9.80. The molecule has 29 heavy (non-hydrogen) atoms. The summed E-state index contributed by atoms with van der Waals surface area (Å²) in [6.45, 7) is 8.42. The summed E-state index contributed by atoms with van der Waals surface area (Å²) in [7, 11) is 0. The number of rotatable bonds is 7. The van der Waals surface area contributed by atoms with Crippen molar-refractivity contribution in [2.45, 2.75) is 50.8 Å². The molecule has 0 spiro atoms. The lowest BCUT2D eigenvalue weighted by Crippen LogP contribution is -2.28. The molecular weight excluding hydrogens is 374 g/mol. The van der Waals surface area contributed by atoms with Crippen LogP contribution in [0.1, 0.15) is 57.6 Å². The highest BCUT2D eigenvalue weighted by Gasteiger charge is 2.14. The van der Waals surface area contributed by atoms with Gasteiger partial charge >= 0.3 is 0 Å². The van der Waals surface area contributed by atoms with Crippen LogP contribution in [0.2, 0.25) is 0 Å². The maximum Gasteiger partial charge on any atom is 0.251 e. The van der Waals surface area contributed by atoms with Crippen molar-refractivity contribution in [3.8, 4) is 0 Å². The number of thioether (sulfide) groups is 1. The molecule has 1 atom stereocenters. The van der Waals surface area contributed by atoms with Gasteiger partial charge in [0.05, 0.1) is 6.04 Å². The van der Waals surface area contributed by atoms with Gasteiger partial charge in [0.25, 0.3) is 5.91 Å². The quantitative estimate of drug-likeness (QED) is 0.440. The van der Waals surface area contributed by atoms with Gasteiger partial charge in [0.15, 0.2) is 0 Å². The third-order valence-corrected chi connectivity index (χ3v) is 6.37. The Morgan fingerprint density at radius 1 is 0.897 bits per heavy atom. The Labute approximate surface area is 178 Å². The Hall–Kier alpha value is -2.52. The van der Waals surface area contributed by atoms with E-state index >= 15 is 0 Å². The average Bonchev–Trinajstić information content (AvgIpc) is 2.74. The molecule has 2 nitrogen and oxygen atoms in total. The molecule has 0 heterocycles. The normalized spacial score (nSPS) is 11.9. The number of amides is 1. The summed E-state index contributed by atoms with van der Waals surface area (Å²) < 4.78 is 0. The molecule has 0 aromatic heterocycles. The van der Waals surface area contributed by atoms with Crippen LogP contribution in [0.5, 0.6) is 0 Å². The van der Waals surface area contributed by atoms with E-state index in [2.05, 4.69) is 75.5 Å². The van der Waals surface area contributed by atoms with Crippen molar-refractivity contribution in [1.82, 2.24) is 5.32 Å². The van der Waals surface area contributed by atoms with Crippen molar-refractivity contribution in [3.05, 3.63) is 100 Å². The van der Waals surface area contributed by atoms with Crippen LogP contribution in [-0.4, -0.2) is 5.91 Å². The molecule has 0 bridgehead atoms. The molecule has 3 rings (SSSR count). The van der Waals surface area contributed by atoms with Crippen molar-refractivity contribution in [2.24, 2.45) is 0 Å². The van der Waals surface area contributed by atoms with Crippen molar-refractivity contribution in [3.63, 3.8) is 0 Å². The van der Waals surface area contributed by atoms with Gasteiger partial charge in [-0.3, -0.25) is 4.79 Å². The van der Waals surface area contributed by atoms with E-state index in [9.17, 15) is 4.79 Å². The molecule has 0 radical (unpaired) electrons. The van der Waals surface area contributed by atoms with Gasteiger partial charge in [-0.1, -0.05) is 55.0 Å². The fourth-order valence-electron chi connectivity index (χ4n) is 3.20. The number of aryl methyl sites for hydroxylation is 3. The lowest BCUT2D eigenvalue weighted by molar-refractivity contribution is 0.0935. The fourth-order valence-corrected chi connectivity index (χ4v) is 4.05. The highest BCUT2D eigenvalue weighted by Crippen LogP contribution is 2.24. The Morgan fingerprint density at radius 2 is 1.59 bits per heavy atom. The summed E-state index contributed by atoms with van der Waals surface area (Å²) in [6.07, 6.45) is 0.861. The first-order chi connectivity index (χ1) is 14.0. The van der Waals surface area contributed by atoms with Gasteiger partial charge in [0, 0.05) is 16.2 Å². The van der Waals surface area contributed by atoms with Gasteiger partial charge in [-0.15, -0.1) is 11.8 Å². The molecule has 0 aliphatic rings. The summed E-state index contributed by atoms with van der Waals surface area (Å²) in [5, 5.41) is 3.18. The SMILES string of the molecule is CC[C@@H](NC(=O)c1ccc(CSc2ccc(C)cc2)cc1)c1ccc(C)c(C)c1. The minimum atomic E-state index is -0.0205. The Bertz CT molecular complexity index is 961. The first kappa shape index (κ1) is 21.2. The molecule has 150 valence electrons. The monoisotopic (exact) mass is 403 g/mol. The molecule has 0 fully saturated rings. The number of benzene rings is 3. The molecule has 0 aliphatic carbocycles. The Morgan fingerprint density at radius 3 is 2.21 bits per heavy atom. The van der Waals surface area contributed by atoms with E-state index < -0.39 is 0 Å². The maximum atomic E-state index is 12.7. The molecule has 0 aliphatic heterocycles. The van der Waals surface area contributed by atoms with Crippen LogP contribution in [0.3, 0.4) is 0 Å². The predicted molar refractivity (Wildman–Crippen MR) is 124 cm³/mol. The average molecular weight is 404 g/mol. The third kappa shape index (κ3) is 5.74. The molecular formula is C26H29NOS. The number of hydrogen-bond acceptors (Lipinski definition) is 2. The zero-order valence-corrected chi connectivity index (χ0v) is 18.5. The van der Waals surface area contributed by atoms with Crippen LogP contribution in [0.4, 0.5) is 0 Å². The van der Waals surface area contributed by atoms with Crippen LogP contribution < -0.4 is 5.32 Å². The zero-order valence-electron chi connectivity index (χ0n) is 17.7. The number of carbonyl (C=O) groups excluding carboxylic acids is 1. The largest absolute Gasteiger partial charge is 0.345 e. The lowest BCUT2D eigenvalue weighted by Gasteiger charge is -2.19. The van der Waals surface area contributed by atoms with E-state index in [1.807, 2.05) is 36.0 Å². The molecule has 3 aromatic rings. The molecule has 0 saturated heterocycles. The molecule has 0 saturated carbocycles. The van der Waals surface area contributed by atoms with Crippen LogP contribution in [0.15, 0.2) is 71.6 Å². The summed E-state index contributed by atoms with van der Waals surface area (Å²) in [5.41, 5.74) is 6.88. The highest BCUT2D eigenvalue weighted by molar-refractivity contribution is 7.98. The van der Waals surface area contributed by atoms with Gasteiger partial charge in [0.1, 0.15) is 0 Å². The fraction of sp³-hybridized carbons (Fsp3) is 0.269. The van der Waals surface area contributed by atoms with Gasteiger partial charge in [0.2, 0.25) is 0 Å². The first-order valence-corrected chi connectivity index (χ1v) is 11.1. The topological polar surface area (TPSA) is 29.1 Å². The van der Waals surface area contributed by atoms with Crippen molar-refractivity contribution >= 4 is 17.7 Å². The summed E-state index contributed by atoms with van der Waals surface area (Å²) in [6, 6.07) is 23.0. The van der Waals surface area contributed by atoms with Crippen LogP contribution in [0.25, 0.3) is 0 Å². The van der Waals surface area contributed by atoms with E-state index in [-0.39, 0.29) is 11.9 Å². The van der Waals surface area contributed by atoms with Crippen LogP contribution >= 0.6 is 11.8 Å². The van der Waals surface area contributed by atoms with E-state index in [1.54, 1.807) is 0 Å². The highest BCUT2D eigenvalue weighted by atomic mass is 32.2. The standard InChI is InChI=1S/C26H29NOS/c1-5-25(23-11-8-19(3)20(4)16-23)27-26(28)22-12-9-21(10-13-22)17-29-24-14-6-18(2)7-15-24/h6-16,25H,5,17H2,1-4H3,(H,27,28)/t25-/m1/s1. The summed E-state index contributed by atoms with van der Waals surface area (Å²) >= 11 is 1.81. The van der Waals surface area contributed by atoms with Crippen molar-refractivity contribution in [2.75, 3.05) is 0 Å². The van der Waals surface area contributed by atoms with E-state index in [1.165, 1.54) is 27.1 Å². The molecule has 3 heteroatoms. The van der Waals surface area contributed by atoms with Gasteiger partial charge < -0.3 is 5.32 Å². The maximum absolute atomic E-state index is 12.7. The number of hydrogen-bond donors (Lipinski definition) is 1. The van der Waals surface area contributed by atoms with Gasteiger partial charge in [-0.2, -0.15) is 0 Å². The van der Waals surface area contributed by atoms with Crippen LogP contribution in [-0.2, 0) is 5.75 Å². The third-order valence-electron chi connectivity index (χ3n) is 5.29. The minimum absolute atomic E-state index is 0.0205. The number of nitrogens with one attached hydrogen (secondary N) is 1. The molecule has 0 unspecified atom stereocenters. The lowest BCUT2D eigenvalue weighted by atomic mass is 9.99.